The third kappa shape index (κ3) is 5.22. The van der Waals surface area contributed by atoms with E-state index in [4.69, 9.17) is 19.2 Å². The third-order valence-electron chi connectivity index (χ3n) is 8.47. The summed E-state index contributed by atoms with van der Waals surface area (Å²) in [5.41, 5.74) is 5.13. The Morgan fingerprint density at radius 3 is 2.26 bits per heavy atom. The van der Waals surface area contributed by atoms with Crippen LogP contribution < -0.4 is 9.47 Å². The largest absolute Gasteiger partial charge is 0.494 e. The number of nitrogens with zero attached hydrogens (tertiary/aromatic N) is 2. The van der Waals surface area contributed by atoms with Crippen molar-refractivity contribution in [2.24, 2.45) is 5.92 Å². The summed E-state index contributed by atoms with van der Waals surface area (Å²) in [5, 5.41) is 0. The molecule has 46 heavy (non-hydrogen) atoms. The Morgan fingerprint density at radius 1 is 0.804 bits per heavy atom. The average molecular weight is 610 g/mol. The van der Waals surface area contributed by atoms with Gasteiger partial charge in [0.2, 0.25) is 0 Å². The number of aromatic amines is 1. The number of pyridine rings is 1. The Kier molecular flexibility index (Phi) is 7.86. The summed E-state index contributed by atoms with van der Waals surface area (Å²) < 4.78 is 17.6. The lowest BCUT2D eigenvalue weighted by molar-refractivity contribution is 0.0824. The highest BCUT2D eigenvalue weighted by molar-refractivity contribution is 6.27. The molecule has 1 N–H and O–H groups in total. The molecule has 0 fully saturated rings. The molecule has 1 aliphatic carbocycles. The highest BCUT2D eigenvalue weighted by Gasteiger charge is 2.46. The van der Waals surface area contributed by atoms with E-state index in [1.54, 1.807) is 38.6 Å². The van der Waals surface area contributed by atoms with Gasteiger partial charge < -0.3 is 19.2 Å². The number of rotatable bonds is 10. The number of ketones is 2. The van der Waals surface area contributed by atoms with Crippen molar-refractivity contribution in [1.29, 1.82) is 0 Å². The summed E-state index contributed by atoms with van der Waals surface area (Å²) in [5.74, 6) is -0.629. The standard InChI is InChI=1S/C38H31N3O5/c1-44-30-19-18-27(33-34(30)41-38(40-33)37(45-2)24-13-7-4-8-14-24)31(29-15-9-10-20-39-29)32-35(42)26-17-16-25(21-28(26)36(32)43)46-22-23-11-5-3-6-12-23/h3-21,31-32,37H,22H2,1-2H3,(H,40,41). The van der Waals surface area contributed by atoms with Crippen LogP contribution in [0.3, 0.4) is 0 Å². The number of fused-ring (bicyclic) bond motifs is 2. The smallest absolute Gasteiger partial charge is 0.175 e. The fourth-order valence-electron chi connectivity index (χ4n) is 6.28. The molecule has 3 atom stereocenters. The van der Waals surface area contributed by atoms with E-state index in [-0.39, 0.29) is 11.6 Å². The highest BCUT2D eigenvalue weighted by Crippen LogP contribution is 2.44. The minimum atomic E-state index is -1.04. The Morgan fingerprint density at radius 2 is 1.54 bits per heavy atom. The Bertz CT molecular complexity index is 2030. The molecule has 1 aliphatic rings. The molecule has 0 amide bonds. The maximum absolute atomic E-state index is 14.2. The summed E-state index contributed by atoms with van der Waals surface area (Å²) in [4.78, 5) is 41.5. The van der Waals surface area contributed by atoms with Gasteiger partial charge in [0, 0.05) is 36.0 Å². The van der Waals surface area contributed by atoms with Crippen molar-refractivity contribution in [3.63, 3.8) is 0 Å². The van der Waals surface area contributed by atoms with Crippen molar-refractivity contribution in [1.82, 2.24) is 15.0 Å². The SMILES string of the molecule is COc1ccc(C(c2ccccn2)C2C(=O)c3ccc(OCc4ccccc4)cc3C2=O)c2nc(C(OC)c3ccccc3)[nH]c12. The molecule has 228 valence electrons. The van der Waals surface area contributed by atoms with Gasteiger partial charge in [0.15, 0.2) is 11.6 Å². The first-order chi connectivity index (χ1) is 22.6. The number of carbonyl (C=O) groups is 2. The number of nitrogens with one attached hydrogen (secondary N) is 1. The monoisotopic (exact) mass is 609 g/mol. The van der Waals surface area contributed by atoms with Gasteiger partial charge in [-0.05, 0) is 53.1 Å². The number of Topliss-reactive ketones (excluding diaryl/α,β-unsaturated/α-hetero) is 2. The van der Waals surface area contributed by atoms with Crippen LogP contribution in [-0.4, -0.2) is 40.7 Å². The molecule has 8 nitrogen and oxygen atoms in total. The zero-order chi connectivity index (χ0) is 31.6. The van der Waals surface area contributed by atoms with Gasteiger partial charge in [-0.2, -0.15) is 0 Å². The zero-order valence-corrected chi connectivity index (χ0v) is 25.3. The first kappa shape index (κ1) is 29.1. The second-order valence-corrected chi connectivity index (χ2v) is 11.1. The molecule has 0 spiro atoms. The second-order valence-electron chi connectivity index (χ2n) is 11.1. The van der Waals surface area contributed by atoms with Crippen molar-refractivity contribution in [3.05, 3.63) is 155 Å². The number of ether oxygens (including phenoxy) is 3. The lowest BCUT2D eigenvalue weighted by atomic mass is 9.79. The van der Waals surface area contributed by atoms with Gasteiger partial charge in [0.25, 0.3) is 0 Å². The van der Waals surface area contributed by atoms with Crippen LogP contribution in [-0.2, 0) is 11.3 Å². The van der Waals surface area contributed by atoms with Gasteiger partial charge in [0.1, 0.15) is 35.6 Å². The third-order valence-corrected chi connectivity index (χ3v) is 8.47. The number of carbonyl (C=O) groups excluding carboxylic acids is 2. The molecule has 8 heteroatoms. The lowest BCUT2D eigenvalue weighted by Crippen LogP contribution is -2.26. The van der Waals surface area contributed by atoms with Crippen molar-refractivity contribution < 1.29 is 23.8 Å². The van der Waals surface area contributed by atoms with Crippen LogP contribution in [0, 0.1) is 5.92 Å². The van der Waals surface area contributed by atoms with Crippen molar-refractivity contribution in [2.45, 2.75) is 18.6 Å². The van der Waals surface area contributed by atoms with E-state index < -0.39 is 17.9 Å². The van der Waals surface area contributed by atoms with E-state index in [1.165, 1.54) is 0 Å². The molecule has 6 aromatic rings. The van der Waals surface area contributed by atoms with E-state index >= 15 is 0 Å². The predicted molar refractivity (Wildman–Crippen MR) is 173 cm³/mol. The molecule has 3 unspecified atom stereocenters. The van der Waals surface area contributed by atoms with Crippen LogP contribution in [0.5, 0.6) is 11.5 Å². The van der Waals surface area contributed by atoms with Gasteiger partial charge in [-0.15, -0.1) is 0 Å². The Hall–Kier alpha value is -5.60. The predicted octanol–water partition coefficient (Wildman–Crippen LogP) is 7.11. The van der Waals surface area contributed by atoms with Crippen molar-refractivity contribution in [3.8, 4) is 11.5 Å². The van der Waals surface area contributed by atoms with Crippen molar-refractivity contribution in [2.75, 3.05) is 14.2 Å². The minimum Gasteiger partial charge on any atom is -0.494 e. The van der Waals surface area contributed by atoms with Crippen molar-refractivity contribution >= 4 is 22.6 Å². The number of hydrogen-bond donors (Lipinski definition) is 1. The molecular weight excluding hydrogens is 578 g/mol. The molecule has 2 heterocycles. The van der Waals surface area contributed by atoms with E-state index in [9.17, 15) is 9.59 Å². The molecular formula is C38H31N3O5. The molecule has 0 radical (unpaired) electrons. The van der Waals surface area contributed by atoms with E-state index in [2.05, 4.69) is 9.97 Å². The summed E-state index contributed by atoms with van der Waals surface area (Å²) >= 11 is 0. The molecule has 0 aliphatic heterocycles. The van der Waals surface area contributed by atoms with Gasteiger partial charge in [-0.1, -0.05) is 72.8 Å². The summed E-state index contributed by atoms with van der Waals surface area (Å²) in [6.45, 7) is 0.346. The molecule has 4 aromatic carbocycles. The summed E-state index contributed by atoms with van der Waals surface area (Å²) in [7, 11) is 3.22. The first-order valence-electron chi connectivity index (χ1n) is 15.0. The minimum absolute atomic E-state index is 0.260. The van der Waals surface area contributed by atoms with Gasteiger partial charge in [-0.25, -0.2) is 4.98 Å². The molecule has 7 rings (SSSR count). The van der Waals surface area contributed by atoms with Crippen LogP contribution in [0.25, 0.3) is 11.0 Å². The Balaban J connectivity index is 1.32. The van der Waals surface area contributed by atoms with E-state index in [1.807, 2.05) is 91.0 Å². The topological polar surface area (TPSA) is 103 Å². The quantitative estimate of drug-likeness (QED) is 0.165. The van der Waals surface area contributed by atoms with Gasteiger partial charge in [0.05, 0.1) is 18.5 Å². The van der Waals surface area contributed by atoms with Crippen LogP contribution in [0.15, 0.2) is 115 Å². The first-order valence-corrected chi connectivity index (χ1v) is 15.0. The number of methoxy groups -OCH3 is 2. The lowest BCUT2D eigenvalue weighted by Gasteiger charge is -2.22. The van der Waals surface area contributed by atoms with Crippen LogP contribution in [0.1, 0.15) is 60.9 Å². The number of H-pyrrole nitrogens is 1. The fourth-order valence-corrected chi connectivity index (χ4v) is 6.28. The maximum atomic E-state index is 14.2. The summed E-state index contributed by atoms with van der Waals surface area (Å²) in [6, 6.07) is 33.9. The number of hydrogen-bond acceptors (Lipinski definition) is 7. The molecule has 0 saturated carbocycles. The van der Waals surface area contributed by atoms with E-state index in [0.29, 0.717) is 57.3 Å². The number of aromatic nitrogens is 3. The average Bonchev–Trinajstić information content (AvgIpc) is 3.65. The van der Waals surface area contributed by atoms with Crippen LogP contribution >= 0.6 is 0 Å². The molecule has 0 saturated heterocycles. The van der Waals surface area contributed by atoms with Crippen LogP contribution in [0.4, 0.5) is 0 Å². The second kappa shape index (κ2) is 12.4. The van der Waals surface area contributed by atoms with Gasteiger partial charge >= 0.3 is 0 Å². The highest BCUT2D eigenvalue weighted by atomic mass is 16.5. The van der Waals surface area contributed by atoms with Gasteiger partial charge in [-0.3, -0.25) is 14.6 Å². The zero-order valence-electron chi connectivity index (χ0n) is 25.3. The fraction of sp³-hybridized carbons (Fsp3) is 0.158. The van der Waals surface area contributed by atoms with E-state index in [0.717, 1.165) is 11.1 Å². The number of imidazole rings is 1. The normalized spacial score (nSPS) is 15.5. The van der Waals surface area contributed by atoms with Crippen LogP contribution in [0.2, 0.25) is 0 Å². The Labute approximate surface area is 266 Å². The molecule has 0 bridgehead atoms. The summed E-state index contributed by atoms with van der Waals surface area (Å²) in [6.07, 6.45) is 1.19. The number of benzene rings is 4. The maximum Gasteiger partial charge on any atom is 0.175 e. The molecule has 2 aromatic heterocycles.